The SMILES string of the molecule is CCCCN(CCCC)S(=O)(=O)c1ccc(C(=O)/C=C/c2cccc(C#N)c2)cc1. The van der Waals surface area contributed by atoms with E-state index in [9.17, 15) is 13.2 Å². The van der Waals surface area contributed by atoms with Crippen molar-refractivity contribution < 1.29 is 13.2 Å². The van der Waals surface area contributed by atoms with E-state index in [-0.39, 0.29) is 10.7 Å². The van der Waals surface area contributed by atoms with Gasteiger partial charge < -0.3 is 0 Å². The zero-order valence-corrected chi connectivity index (χ0v) is 18.4. The number of carbonyl (C=O) groups is 1. The first-order chi connectivity index (χ1) is 14.4. The summed E-state index contributed by atoms with van der Waals surface area (Å²) in [5.41, 5.74) is 1.69. The number of hydrogen-bond acceptors (Lipinski definition) is 4. The molecule has 0 amide bonds. The molecule has 0 aliphatic carbocycles. The van der Waals surface area contributed by atoms with Crippen LogP contribution in [0, 0.1) is 11.3 Å². The van der Waals surface area contributed by atoms with Crippen LogP contribution in [0.15, 0.2) is 59.5 Å². The van der Waals surface area contributed by atoms with Crippen molar-refractivity contribution in [3.05, 3.63) is 71.3 Å². The zero-order valence-electron chi connectivity index (χ0n) is 17.5. The fourth-order valence-electron chi connectivity index (χ4n) is 2.94. The van der Waals surface area contributed by atoms with E-state index >= 15 is 0 Å². The Hall–Kier alpha value is -2.75. The highest BCUT2D eigenvalue weighted by Crippen LogP contribution is 2.19. The number of allylic oxidation sites excluding steroid dienone is 1. The summed E-state index contributed by atoms with van der Waals surface area (Å²) in [5, 5.41) is 8.95. The molecule has 0 saturated heterocycles. The van der Waals surface area contributed by atoms with Gasteiger partial charge >= 0.3 is 0 Å². The molecule has 0 saturated carbocycles. The summed E-state index contributed by atoms with van der Waals surface area (Å²) in [7, 11) is -3.58. The fraction of sp³-hybridized carbons (Fsp3) is 0.333. The summed E-state index contributed by atoms with van der Waals surface area (Å²) in [6, 6.07) is 15.1. The molecule has 158 valence electrons. The number of unbranched alkanes of at least 4 members (excludes halogenated alkanes) is 2. The summed E-state index contributed by atoms with van der Waals surface area (Å²) in [5.74, 6) is -0.227. The van der Waals surface area contributed by atoms with Crippen LogP contribution in [-0.2, 0) is 10.0 Å². The van der Waals surface area contributed by atoms with E-state index < -0.39 is 10.0 Å². The van der Waals surface area contributed by atoms with E-state index in [1.807, 2.05) is 19.9 Å². The largest absolute Gasteiger partial charge is 0.289 e. The van der Waals surface area contributed by atoms with Gasteiger partial charge in [0.1, 0.15) is 0 Å². The van der Waals surface area contributed by atoms with Crippen LogP contribution in [0.4, 0.5) is 0 Å². The Balaban J connectivity index is 2.16. The second kappa shape index (κ2) is 11.4. The molecule has 0 atom stereocenters. The number of nitriles is 1. The van der Waals surface area contributed by atoms with Crippen molar-refractivity contribution in [2.45, 2.75) is 44.4 Å². The lowest BCUT2D eigenvalue weighted by atomic mass is 10.1. The first-order valence-corrected chi connectivity index (χ1v) is 11.7. The van der Waals surface area contributed by atoms with Crippen molar-refractivity contribution in [1.29, 1.82) is 5.26 Å². The predicted octanol–water partition coefficient (Wildman–Crippen LogP) is 5.05. The molecule has 0 unspecified atom stereocenters. The number of hydrogen-bond donors (Lipinski definition) is 0. The van der Waals surface area contributed by atoms with Crippen LogP contribution in [0.2, 0.25) is 0 Å². The lowest BCUT2D eigenvalue weighted by Gasteiger charge is -2.22. The van der Waals surface area contributed by atoms with Gasteiger partial charge in [-0.05, 0) is 60.9 Å². The molecule has 0 fully saturated rings. The van der Waals surface area contributed by atoms with Gasteiger partial charge in [-0.3, -0.25) is 4.79 Å². The van der Waals surface area contributed by atoms with Crippen LogP contribution < -0.4 is 0 Å². The van der Waals surface area contributed by atoms with Crippen molar-refractivity contribution >= 4 is 21.9 Å². The molecule has 0 heterocycles. The summed E-state index contributed by atoms with van der Waals surface area (Å²) >= 11 is 0. The van der Waals surface area contributed by atoms with E-state index in [1.54, 1.807) is 40.7 Å². The second-order valence-electron chi connectivity index (χ2n) is 7.07. The number of rotatable bonds is 11. The van der Waals surface area contributed by atoms with Crippen LogP contribution in [0.3, 0.4) is 0 Å². The molecular formula is C24H28N2O3S. The molecule has 0 radical (unpaired) electrons. The Bertz CT molecular complexity index is 1010. The monoisotopic (exact) mass is 424 g/mol. The standard InChI is InChI=1S/C24H28N2O3S/c1-3-5-16-26(17-6-4-2)30(28,29)23-13-11-22(12-14-23)24(27)15-10-20-8-7-9-21(18-20)19-25/h7-15,18H,3-6,16-17H2,1-2H3/b15-10+. The van der Waals surface area contributed by atoms with Crippen LogP contribution >= 0.6 is 0 Å². The zero-order chi connectivity index (χ0) is 22.0. The quantitative estimate of drug-likeness (QED) is 0.374. The van der Waals surface area contributed by atoms with Crippen LogP contribution in [0.5, 0.6) is 0 Å². The molecule has 0 N–H and O–H groups in total. The highest BCUT2D eigenvalue weighted by atomic mass is 32.2. The maximum atomic E-state index is 13.0. The van der Waals surface area contributed by atoms with Gasteiger partial charge in [-0.2, -0.15) is 9.57 Å². The van der Waals surface area contributed by atoms with E-state index in [4.69, 9.17) is 5.26 Å². The average molecular weight is 425 g/mol. The molecule has 2 rings (SSSR count). The first kappa shape index (κ1) is 23.5. The Morgan fingerprint density at radius 1 is 1.03 bits per heavy atom. The molecule has 0 aliphatic heterocycles. The molecule has 0 bridgehead atoms. The topological polar surface area (TPSA) is 78.2 Å². The van der Waals surface area contributed by atoms with Crippen LogP contribution in [-0.4, -0.2) is 31.6 Å². The molecule has 0 aromatic heterocycles. The molecule has 6 heteroatoms. The Morgan fingerprint density at radius 2 is 1.67 bits per heavy atom. The summed E-state index contributed by atoms with van der Waals surface area (Å²) < 4.78 is 27.5. The fourth-order valence-corrected chi connectivity index (χ4v) is 4.46. The van der Waals surface area contributed by atoms with Gasteiger partial charge in [-0.25, -0.2) is 8.42 Å². The minimum atomic E-state index is -3.58. The second-order valence-corrected chi connectivity index (χ2v) is 9.01. The summed E-state index contributed by atoms with van der Waals surface area (Å²) in [6.07, 6.45) is 6.55. The number of nitrogens with zero attached hydrogens (tertiary/aromatic N) is 2. The van der Waals surface area contributed by atoms with Gasteiger partial charge in [0, 0.05) is 18.7 Å². The first-order valence-electron chi connectivity index (χ1n) is 10.2. The third-order valence-corrected chi connectivity index (χ3v) is 6.65. The van der Waals surface area contributed by atoms with Gasteiger partial charge in [0.2, 0.25) is 10.0 Å². The predicted molar refractivity (Wildman–Crippen MR) is 120 cm³/mol. The van der Waals surface area contributed by atoms with Crippen LogP contribution in [0.25, 0.3) is 6.08 Å². The smallest absolute Gasteiger partial charge is 0.243 e. The normalized spacial score (nSPS) is 11.7. The third kappa shape index (κ3) is 6.38. The third-order valence-electron chi connectivity index (χ3n) is 4.74. The van der Waals surface area contributed by atoms with E-state index in [0.29, 0.717) is 24.2 Å². The van der Waals surface area contributed by atoms with Gasteiger partial charge in [0.05, 0.1) is 16.5 Å². The Labute approximate surface area is 179 Å². The van der Waals surface area contributed by atoms with Gasteiger partial charge in [-0.15, -0.1) is 0 Å². The van der Waals surface area contributed by atoms with Gasteiger partial charge in [0.15, 0.2) is 5.78 Å². The maximum absolute atomic E-state index is 13.0. The summed E-state index contributed by atoms with van der Waals surface area (Å²) in [6.45, 7) is 5.08. The minimum absolute atomic E-state index is 0.206. The van der Waals surface area contributed by atoms with Crippen molar-refractivity contribution in [3.63, 3.8) is 0 Å². The van der Waals surface area contributed by atoms with Crippen molar-refractivity contribution in [3.8, 4) is 6.07 Å². The number of benzene rings is 2. The number of sulfonamides is 1. The molecule has 0 aliphatic rings. The molecule has 0 spiro atoms. The van der Waals surface area contributed by atoms with E-state index in [0.717, 1.165) is 31.2 Å². The Morgan fingerprint density at radius 3 is 2.23 bits per heavy atom. The Kier molecular flexibility index (Phi) is 8.97. The number of carbonyl (C=O) groups excluding carboxylic acids is 1. The lowest BCUT2D eigenvalue weighted by molar-refractivity contribution is 0.104. The average Bonchev–Trinajstić information content (AvgIpc) is 2.77. The minimum Gasteiger partial charge on any atom is -0.289 e. The molecular weight excluding hydrogens is 396 g/mol. The van der Waals surface area contributed by atoms with Crippen molar-refractivity contribution in [2.75, 3.05) is 13.1 Å². The molecule has 5 nitrogen and oxygen atoms in total. The highest BCUT2D eigenvalue weighted by Gasteiger charge is 2.23. The van der Waals surface area contributed by atoms with Crippen LogP contribution in [0.1, 0.15) is 61.0 Å². The van der Waals surface area contributed by atoms with E-state index in [1.165, 1.54) is 18.2 Å². The maximum Gasteiger partial charge on any atom is 0.243 e. The van der Waals surface area contributed by atoms with Gasteiger partial charge in [-0.1, -0.05) is 44.9 Å². The molecule has 2 aromatic carbocycles. The highest BCUT2D eigenvalue weighted by molar-refractivity contribution is 7.89. The number of ketones is 1. The molecule has 2 aromatic rings. The van der Waals surface area contributed by atoms with Gasteiger partial charge in [0.25, 0.3) is 0 Å². The lowest BCUT2D eigenvalue weighted by Crippen LogP contribution is -2.33. The molecule has 30 heavy (non-hydrogen) atoms. The van der Waals surface area contributed by atoms with Crippen molar-refractivity contribution in [2.24, 2.45) is 0 Å². The van der Waals surface area contributed by atoms with Crippen molar-refractivity contribution in [1.82, 2.24) is 4.31 Å². The van der Waals surface area contributed by atoms with E-state index in [2.05, 4.69) is 6.07 Å². The summed E-state index contributed by atoms with van der Waals surface area (Å²) in [4.78, 5) is 12.6.